The lowest BCUT2D eigenvalue weighted by atomic mass is 9.86. The number of hydrogen-bond donors (Lipinski definition) is 0. The van der Waals surface area contributed by atoms with Crippen molar-refractivity contribution >= 4 is 110 Å². The summed E-state index contributed by atoms with van der Waals surface area (Å²) >= 11 is 0. The van der Waals surface area contributed by atoms with E-state index in [4.69, 9.17) is 19.2 Å². The van der Waals surface area contributed by atoms with Crippen molar-refractivity contribution in [3.8, 4) is 22.3 Å². The Kier molecular flexibility index (Phi) is 5.61. The van der Waals surface area contributed by atoms with Gasteiger partial charge in [0, 0.05) is 65.6 Å². The summed E-state index contributed by atoms with van der Waals surface area (Å²) in [6.45, 7) is 12.0. The molecule has 15 aromatic rings. The van der Waals surface area contributed by atoms with Gasteiger partial charge < -0.3 is 18.6 Å². The molecule has 0 aliphatic rings. The van der Waals surface area contributed by atoms with Crippen LogP contribution >= 0.6 is 0 Å². The predicted molar refractivity (Wildman–Crippen MR) is 333 cm³/mol. The van der Waals surface area contributed by atoms with E-state index in [1.165, 1.54) is 0 Å². The Labute approximate surface area is 494 Å². The number of fused-ring (bicyclic) bond motifs is 12. The number of anilines is 6. The molecule has 4 heterocycles. The molecule has 0 radical (unpaired) electrons. The molecule has 11 aromatic carbocycles. The highest BCUT2D eigenvalue weighted by Crippen LogP contribution is 2.53. The lowest BCUT2D eigenvalue weighted by Crippen LogP contribution is -2.12. The molecule has 0 spiro atoms. The standard InChI is InChI=1S/C74H58N4/c1-73(2,3)49-35-39-63-59(43-49)69-65(75(51-27-15-9-16-28-51)61-33-21-19-31-53(61)47-23-11-7-12-24-47)41-37-55-57-46-68-58(45-67(57)77(63)71(55)69)56-38-42-66(70-60-44-50(74(4,5)6)36-40-64(60)78(68)72(56)70)76(52-29-17-10-18-30-52)62-34-22-20-32-54(62)48-25-13-8-14-26-48/h7-46H,1-6H3/i7D,8D,9D,10D,11D,12D,13D,14D,15D,16D,17D,18D,19D,20D,21D,22D,23D,24D,25D,26D,27D,28D,29D,30D,31D,32D,33D,34D. The molecule has 0 atom stereocenters. The van der Waals surface area contributed by atoms with Gasteiger partial charge in [0.25, 0.3) is 0 Å². The second-order valence-corrected chi connectivity index (χ2v) is 21.3. The van der Waals surface area contributed by atoms with Crippen LogP contribution in [0.2, 0.25) is 0 Å². The fourth-order valence-electron chi connectivity index (χ4n) is 11.4. The minimum atomic E-state index is -0.871. The minimum Gasteiger partial charge on any atom is -0.309 e. The minimum absolute atomic E-state index is 0.0154. The van der Waals surface area contributed by atoms with Gasteiger partial charge in [-0.1, -0.05) is 199 Å². The fourth-order valence-corrected chi connectivity index (χ4v) is 11.4. The zero-order valence-electron chi connectivity index (χ0n) is 70.7. The van der Waals surface area contributed by atoms with Crippen molar-refractivity contribution in [3.63, 3.8) is 0 Å². The molecule has 0 saturated carbocycles. The number of benzene rings is 11. The molecule has 0 bridgehead atoms. The molecule has 0 aliphatic heterocycles. The second-order valence-electron chi connectivity index (χ2n) is 21.3. The average molecular weight is 1030 g/mol. The summed E-state index contributed by atoms with van der Waals surface area (Å²) in [6, 6.07) is -1.56. The summed E-state index contributed by atoms with van der Waals surface area (Å²) in [7, 11) is 0. The van der Waals surface area contributed by atoms with E-state index < -0.39 is 225 Å². The van der Waals surface area contributed by atoms with Gasteiger partial charge in [0.05, 0.1) is 94.2 Å². The first-order valence-corrected chi connectivity index (χ1v) is 25.1. The molecule has 0 unspecified atom stereocenters. The Morgan fingerprint density at radius 3 is 1.06 bits per heavy atom. The van der Waals surface area contributed by atoms with Crippen LogP contribution in [0.3, 0.4) is 0 Å². The monoisotopic (exact) mass is 1030 g/mol. The molecule has 4 aromatic heterocycles. The number of nitrogens with zero attached hydrogens (tertiary/aromatic N) is 4. The molecule has 0 amide bonds. The SMILES string of the molecule is [2H]c1c([2H])c([2H])c(-c2c([2H])c([2H])c([2H])c([2H])c2N(c2c([2H])c([2H])c([2H])c([2H])c2[2H])c2ccc3c4cc5c(cc4n4c6ccc(C(C)(C)C)cc6c2c34)c2ccc(N(c3c([2H])c([2H])c([2H])c([2H])c3[2H])c3c([2H])c([2H])c([2H])c([2H])c3-c3c([2H])c([2H])c([2H])c([2H])c3[2H])c3c4cc(C(C)(C)C)ccc4n5c23)c([2H])c1[2H]. The van der Waals surface area contributed by atoms with Crippen molar-refractivity contribution < 1.29 is 38.4 Å². The smallest absolute Gasteiger partial charge is 0.0645 e. The van der Waals surface area contributed by atoms with Gasteiger partial charge in [-0.3, -0.25) is 0 Å². The van der Waals surface area contributed by atoms with Crippen LogP contribution in [0.15, 0.2) is 242 Å². The van der Waals surface area contributed by atoms with Crippen molar-refractivity contribution in [1.29, 1.82) is 0 Å². The van der Waals surface area contributed by atoms with E-state index in [2.05, 4.69) is 0 Å². The molecule has 4 nitrogen and oxygen atoms in total. The third-order valence-corrected chi connectivity index (χ3v) is 14.9. The van der Waals surface area contributed by atoms with E-state index in [0.717, 1.165) is 20.9 Å². The van der Waals surface area contributed by atoms with Gasteiger partial charge >= 0.3 is 0 Å². The molecule has 0 aliphatic carbocycles. The Hall–Kier alpha value is -9.38. The van der Waals surface area contributed by atoms with Crippen LogP contribution in [0.1, 0.15) is 91.1 Å². The van der Waals surface area contributed by atoms with Crippen molar-refractivity contribution in [2.24, 2.45) is 0 Å². The summed E-state index contributed by atoms with van der Waals surface area (Å²) < 4.78 is 261. The first-order chi connectivity index (χ1) is 49.6. The Balaban J connectivity index is 1.12. The fraction of sp³-hybridized carbons (Fsp3) is 0.108. The summed E-state index contributed by atoms with van der Waals surface area (Å²) in [5, 5.41) is 3.95. The van der Waals surface area contributed by atoms with Crippen molar-refractivity contribution in [3.05, 3.63) is 253 Å². The molecule has 0 saturated heterocycles. The first-order valence-electron chi connectivity index (χ1n) is 39.1. The number of aromatic nitrogens is 2. The maximum absolute atomic E-state index is 9.89. The first kappa shape index (κ1) is 25.6. The number of rotatable bonds is 8. The third-order valence-electron chi connectivity index (χ3n) is 14.9. The van der Waals surface area contributed by atoms with Crippen molar-refractivity contribution in [2.45, 2.75) is 52.4 Å². The maximum atomic E-state index is 9.89. The van der Waals surface area contributed by atoms with E-state index in [-0.39, 0.29) is 11.4 Å². The molecule has 15 rings (SSSR count). The van der Waals surface area contributed by atoms with Gasteiger partial charge in [-0.15, -0.1) is 0 Å². The van der Waals surface area contributed by atoms with Crippen LogP contribution in [-0.2, 0) is 10.8 Å². The lowest BCUT2D eigenvalue weighted by Gasteiger charge is -2.29. The van der Waals surface area contributed by atoms with E-state index >= 15 is 0 Å². The van der Waals surface area contributed by atoms with Crippen LogP contribution < -0.4 is 9.80 Å². The van der Waals surface area contributed by atoms with Gasteiger partial charge in [-0.25, -0.2) is 0 Å². The molecule has 78 heavy (non-hydrogen) atoms. The maximum Gasteiger partial charge on any atom is 0.0645 e. The van der Waals surface area contributed by atoms with E-state index in [1.807, 2.05) is 98.9 Å². The van der Waals surface area contributed by atoms with E-state index in [0.29, 0.717) is 76.2 Å². The van der Waals surface area contributed by atoms with Crippen LogP contribution in [-0.4, -0.2) is 8.80 Å². The number of para-hydroxylation sites is 4. The van der Waals surface area contributed by atoms with Crippen molar-refractivity contribution in [2.75, 3.05) is 9.80 Å². The number of hydrogen-bond acceptors (Lipinski definition) is 2. The normalized spacial score (nSPS) is 17.5. The average Bonchev–Trinajstić information content (AvgIpc) is 1.50. The van der Waals surface area contributed by atoms with Gasteiger partial charge in [0.15, 0.2) is 0 Å². The Morgan fingerprint density at radius 1 is 0.321 bits per heavy atom. The Bertz CT molecular complexity index is 6030. The summed E-state index contributed by atoms with van der Waals surface area (Å²) in [5.74, 6) is 0. The quantitative estimate of drug-likeness (QED) is 0.151. The summed E-state index contributed by atoms with van der Waals surface area (Å²) in [5.41, 5.74) is -1.43. The lowest BCUT2D eigenvalue weighted by molar-refractivity contribution is 0.591. The Morgan fingerprint density at radius 2 is 0.679 bits per heavy atom. The highest BCUT2D eigenvalue weighted by Gasteiger charge is 2.30. The molecule has 0 fully saturated rings. The molecular weight excluding hydrogens is 945 g/mol. The topological polar surface area (TPSA) is 15.3 Å². The largest absolute Gasteiger partial charge is 0.309 e. The predicted octanol–water partition coefficient (Wildman–Crippen LogP) is 20.9. The molecule has 0 N–H and O–H groups in total. The summed E-state index contributed by atoms with van der Waals surface area (Å²) in [4.78, 5) is 2.21. The van der Waals surface area contributed by atoms with Gasteiger partial charge in [-0.05, 0) is 118 Å². The molecule has 374 valence electrons. The summed E-state index contributed by atoms with van der Waals surface area (Å²) in [6.07, 6.45) is 0. The van der Waals surface area contributed by atoms with Gasteiger partial charge in [-0.2, -0.15) is 0 Å². The second kappa shape index (κ2) is 17.1. The highest BCUT2D eigenvalue weighted by atomic mass is 15.2. The van der Waals surface area contributed by atoms with Gasteiger partial charge in [0.1, 0.15) is 0 Å². The van der Waals surface area contributed by atoms with Gasteiger partial charge in [0.2, 0.25) is 0 Å². The van der Waals surface area contributed by atoms with Crippen LogP contribution in [0.25, 0.3) is 98.4 Å². The van der Waals surface area contributed by atoms with Crippen LogP contribution in [0.5, 0.6) is 0 Å². The van der Waals surface area contributed by atoms with Crippen LogP contribution in [0, 0.1) is 0 Å². The third kappa shape index (κ3) is 6.85. The molecule has 4 heteroatoms. The molecular formula is C74H58N4. The van der Waals surface area contributed by atoms with Crippen LogP contribution in [0.4, 0.5) is 34.1 Å². The van der Waals surface area contributed by atoms with Crippen molar-refractivity contribution in [1.82, 2.24) is 8.80 Å². The van der Waals surface area contributed by atoms with E-state index in [1.54, 1.807) is 24.3 Å². The zero-order valence-corrected chi connectivity index (χ0v) is 42.7. The zero-order chi connectivity index (χ0) is 77.0. The van der Waals surface area contributed by atoms with E-state index in [9.17, 15) is 19.2 Å². The highest BCUT2D eigenvalue weighted by molar-refractivity contribution is 6.32.